The maximum Gasteiger partial charge on any atom is 0.344 e. The maximum atomic E-state index is 12.5. The molecular weight excluding hydrogens is 452 g/mol. The molecule has 2 N–H and O–H groups in total. The molecule has 7 nitrogen and oxygen atoms in total. The van der Waals surface area contributed by atoms with Gasteiger partial charge in [-0.1, -0.05) is 29.8 Å². The van der Waals surface area contributed by atoms with Gasteiger partial charge in [0.25, 0.3) is 5.91 Å². The number of carbonyl (C=O) groups is 3. The molecule has 0 aliphatic carbocycles. The number of nitrogens with zero attached hydrogens (tertiary/aromatic N) is 1. The largest absolute Gasteiger partial charge is 0.481 e. The smallest absolute Gasteiger partial charge is 0.344 e. The van der Waals surface area contributed by atoms with Crippen molar-refractivity contribution in [3.63, 3.8) is 0 Å². The molecule has 0 aromatic heterocycles. The number of benzene rings is 2. The Kier molecular flexibility index (Phi) is 8.28. The number of anilines is 1. The summed E-state index contributed by atoms with van der Waals surface area (Å²) in [6, 6.07) is 13.6. The third kappa shape index (κ3) is 6.86. The van der Waals surface area contributed by atoms with E-state index in [9.17, 15) is 14.4 Å². The van der Waals surface area contributed by atoms with Crippen molar-refractivity contribution < 1.29 is 23.9 Å². The van der Waals surface area contributed by atoms with Gasteiger partial charge in [0.05, 0.1) is 4.47 Å². The van der Waals surface area contributed by atoms with Gasteiger partial charge in [-0.25, -0.2) is 4.79 Å². The lowest BCUT2D eigenvalue weighted by atomic mass is 10.2. The second kappa shape index (κ2) is 10.7. The Morgan fingerprint density at radius 1 is 1.07 bits per heavy atom. The lowest BCUT2D eigenvalue weighted by Crippen LogP contribution is -2.37. The topological polar surface area (TPSA) is 98.9 Å². The van der Waals surface area contributed by atoms with Gasteiger partial charge in [-0.2, -0.15) is 0 Å². The molecule has 0 atom stereocenters. The summed E-state index contributed by atoms with van der Waals surface area (Å²) in [5.74, 6) is -1.31. The predicted molar refractivity (Wildman–Crippen MR) is 108 cm³/mol. The molecular formula is C19H18BrClN2O5. The first-order chi connectivity index (χ1) is 13.4. The number of amides is 2. The van der Waals surface area contributed by atoms with Gasteiger partial charge < -0.3 is 20.1 Å². The van der Waals surface area contributed by atoms with Crippen molar-refractivity contribution in [2.24, 2.45) is 5.73 Å². The lowest BCUT2D eigenvalue weighted by Gasteiger charge is -2.22. The van der Waals surface area contributed by atoms with Gasteiger partial charge in [0.2, 0.25) is 5.91 Å². The maximum absolute atomic E-state index is 12.5. The number of hydrogen-bond donors (Lipinski definition) is 1. The molecule has 148 valence electrons. The van der Waals surface area contributed by atoms with E-state index in [2.05, 4.69) is 15.9 Å². The minimum Gasteiger partial charge on any atom is -0.481 e. The van der Waals surface area contributed by atoms with Crippen LogP contribution in [0, 0.1) is 0 Å². The summed E-state index contributed by atoms with van der Waals surface area (Å²) >= 11 is 9.11. The Bertz CT molecular complexity index is 847. The van der Waals surface area contributed by atoms with Gasteiger partial charge in [0.1, 0.15) is 5.75 Å². The van der Waals surface area contributed by atoms with Crippen molar-refractivity contribution in [1.82, 2.24) is 0 Å². The molecule has 0 saturated carbocycles. The van der Waals surface area contributed by atoms with Crippen molar-refractivity contribution in [1.29, 1.82) is 0 Å². The molecule has 0 radical (unpaired) electrons. The van der Waals surface area contributed by atoms with Crippen LogP contribution in [0.15, 0.2) is 53.0 Å². The van der Waals surface area contributed by atoms with E-state index in [1.165, 1.54) is 4.90 Å². The van der Waals surface area contributed by atoms with Crippen LogP contribution in [0.4, 0.5) is 5.69 Å². The number of rotatable bonds is 9. The second-order valence-electron chi connectivity index (χ2n) is 5.62. The Hall–Kier alpha value is -2.58. The molecule has 0 heterocycles. The fourth-order valence-electron chi connectivity index (χ4n) is 2.22. The zero-order valence-corrected chi connectivity index (χ0v) is 17.1. The van der Waals surface area contributed by atoms with Crippen molar-refractivity contribution in [2.45, 2.75) is 6.42 Å². The van der Waals surface area contributed by atoms with Crippen molar-refractivity contribution in [2.75, 3.05) is 24.7 Å². The highest BCUT2D eigenvalue weighted by atomic mass is 79.9. The van der Waals surface area contributed by atoms with E-state index in [0.29, 0.717) is 20.9 Å². The molecule has 2 aromatic rings. The SMILES string of the molecule is NC(=O)CCN(C(=O)COC(=O)COc1ccc(Cl)cc1Br)c1ccccc1. The van der Waals surface area contributed by atoms with Gasteiger partial charge in [0, 0.05) is 23.7 Å². The van der Waals surface area contributed by atoms with Crippen LogP contribution < -0.4 is 15.4 Å². The first-order valence-electron chi connectivity index (χ1n) is 8.24. The Morgan fingerprint density at radius 3 is 2.43 bits per heavy atom. The van der Waals surface area contributed by atoms with Crippen LogP contribution in [0.25, 0.3) is 0 Å². The van der Waals surface area contributed by atoms with E-state index < -0.39 is 24.4 Å². The van der Waals surface area contributed by atoms with Gasteiger partial charge in [0.15, 0.2) is 13.2 Å². The van der Waals surface area contributed by atoms with Crippen molar-refractivity contribution in [3.05, 3.63) is 58.0 Å². The molecule has 0 aliphatic rings. The minimum absolute atomic E-state index is 0.0116. The molecule has 0 spiro atoms. The first-order valence-corrected chi connectivity index (χ1v) is 9.41. The highest BCUT2D eigenvalue weighted by Crippen LogP contribution is 2.27. The summed E-state index contributed by atoms with van der Waals surface area (Å²) < 4.78 is 10.9. The third-order valence-corrected chi connectivity index (χ3v) is 4.40. The second-order valence-corrected chi connectivity index (χ2v) is 6.91. The number of hydrogen-bond acceptors (Lipinski definition) is 5. The lowest BCUT2D eigenvalue weighted by molar-refractivity contribution is -0.149. The highest BCUT2D eigenvalue weighted by Gasteiger charge is 2.18. The van der Waals surface area contributed by atoms with Gasteiger partial charge in [-0.15, -0.1) is 0 Å². The van der Waals surface area contributed by atoms with E-state index in [0.717, 1.165) is 0 Å². The normalized spacial score (nSPS) is 10.2. The van der Waals surface area contributed by atoms with Crippen molar-refractivity contribution >= 4 is 51.0 Å². The van der Waals surface area contributed by atoms with Crippen LogP contribution in [0.1, 0.15) is 6.42 Å². The zero-order valence-electron chi connectivity index (χ0n) is 14.8. The third-order valence-electron chi connectivity index (χ3n) is 3.55. The number of halogens is 2. The highest BCUT2D eigenvalue weighted by molar-refractivity contribution is 9.10. The summed E-state index contributed by atoms with van der Waals surface area (Å²) in [7, 11) is 0. The quantitative estimate of drug-likeness (QED) is 0.569. The minimum atomic E-state index is -0.710. The summed E-state index contributed by atoms with van der Waals surface area (Å²) in [6.07, 6.45) is -0.0116. The van der Waals surface area contributed by atoms with E-state index in [1.807, 2.05) is 0 Å². The fraction of sp³-hybridized carbons (Fsp3) is 0.211. The molecule has 2 rings (SSSR count). The van der Waals surface area contributed by atoms with E-state index >= 15 is 0 Å². The molecule has 0 aliphatic heterocycles. The van der Waals surface area contributed by atoms with Crippen LogP contribution in [0.2, 0.25) is 5.02 Å². The number of carbonyl (C=O) groups excluding carboxylic acids is 3. The summed E-state index contributed by atoms with van der Waals surface area (Å²) in [6.45, 7) is -0.776. The fourth-order valence-corrected chi connectivity index (χ4v) is 3.02. The summed E-state index contributed by atoms with van der Waals surface area (Å²) in [5.41, 5.74) is 5.74. The monoisotopic (exact) mass is 468 g/mol. The van der Waals surface area contributed by atoms with Gasteiger partial charge in [-0.3, -0.25) is 9.59 Å². The molecule has 0 bridgehead atoms. The predicted octanol–water partition coefficient (Wildman–Crippen LogP) is 2.93. The molecule has 0 saturated heterocycles. The van der Waals surface area contributed by atoms with E-state index in [4.69, 9.17) is 26.8 Å². The van der Waals surface area contributed by atoms with Crippen LogP contribution in [0.3, 0.4) is 0 Å². The molecule has 2 amide bonds. The van der Waals surface area contributed by atoms with E-state index in [-0.39, 0.29) is 19.6 Å². The molecule has 28 heavy (non-hydrogen) atoms. The molecule has 0 unspecified atom stereocenters. The zero-order chi connectivity index (χ0) is 20.5. The number of primary amides is 1. The summed E-state index contributed by atoms with van der Waals surface area (Å²) in [4.78, 5) is 36.8. The number of esters is 1. The number of nitrogens with two attached hydrogens (primary N) is 1. The van der Waals surface area contributed by atoms with Gasteiger partial charge >= 0.3 is 5.97 Å². The average molecular weight is 470 g/mol. The van der Waals surface area contributed by atoms with Crippen LogP contribution >= 0.6 is 27.5 Å². The Balaban J connectivity index is 1.90. The van der Waals surface area contributed by atoms with E-state index in [1.54, 1.807) is 48.5 Å². The average Bonchev–Trinajstić information content (AvgIpc) is 2.66. The number of ether oxygens (including phenoxy) is 2. The Labute approximate surface area is 175 Å². The van der Waals surface area contributed by atoms with Crippen molar-refractivity contribution in [3.8, 4) is 5.75 Å². The van der Waals surface area contributed by atoms with Crippen LogP contribution in [-0.2, 0) is 19.1 Å². The standard InChI is InChI=1S/C19H18BrClN2O5/c20-15-10-13(21)6-7-16(15)27-12-19(26)28-11-18(25)23(9-8-17(22)24)14-4-2-1-3-5-14/h1-7,10H,8-9,11-12H2,(H2,22,24). The molecule has 9 heteroatoms. The Morgan fingerprint density at radius 2 is 1.79 bits per heavy atom. The summed E-state index contributed by atoms with van der Waals surface area (Å²) in [5, 5.41) is 0.518. The number of para-hydroxylation sites is 1. The van der Waals surface area contributed by atoms with Gasteiger partial charge in [-0.05, 0) is 46.3 Å². The molecule has 0 fully saturated rings. The first kappa shape index (κ1) is 21.7. The molecule has 2 aromatic carbocycles. The van der Waals surface area contributed by atoms with Crippen LogP contribution in [0.5, 0.6) is 5.75 Å². The van der Waals surface area contributed by atoms with Crippen LogP contribution in [-0.4, -0.2) is 37.5 Å².